The molecule has 3 aromatic carbocycles. The fourth-order valence-corrected chi connectivity index (χ4v) is 5.70. The van der Waals surface area contributed by atoms with Crippen LogP contribution in [-0.2, 0) is 26.2 Å². The standard InChI is InChI=1S/C27H29N3O4S/c1-20-14-21(2)16-24(15-20)30(35(33,34)25-10-4-3-5-11-25)19-26(31)28-18-22-8-6-9-23(17-22)29-13-7-12-27(29)32/h3-6,8-11,14-17H,7,12-13,18-19H2,1-2H3,(H,28,31). The van der Waals surface area contributed by atoms with Gasteiger partial charge < -0.3 is 10.2 Å². The first-order chi connectivity index (χ1) is 16.7. The van der Waals surface area contributed by atoms with Crippen molar-refractivity contribution in [3.8, 4) is 0 Å². The Morgan fingerprint density at radius 3 is 2.34 bits per heavy atom. The number of nitrogens with zero attached hydrogens (tertiary/aromatic N) is 2. The number of hydrogen-bond donors (Lipinski definition) is 1. The van der Waals surface area contributed by atoms with Crippen molar-refractivity contribution in [3.05, 3.63) is 89.5 Å². The molecule has 1 fully saturated rings. The van der Waals surface area contributed by atoms with Crippen LogP contribution in [-0.4, -0.2) is 33.3 Å². The van der Waals surface area contributed by atoms with Gasteiger partial charge in [0.25, 0.3) is 10.0 Å². The first-order valence-corrected chi connectivity index (χ1v) is 13.0. The quantitative estimate of drug-likeness (QED) is 0.517. The number of carbonyl (C=O) groups is 2. The highest BCUT2D eigenvalue weighted by Crippen LogP contribution is 2.26. The molecular weight excluding hydrogens is 462 g/mol. The Morgan fingerprint density at radius 1 is 0.971 bits per heavy atom. The van der Waals surface area contributed by atoms with Crippen LogP contribution in [0.1, 0.15) is 29.5 Å². The molecule has 7 nitrogen and oxygen atoms in total. The van der Waals surface area contributed by atoms with Gasteiger partial charge in [0.1, 0.15) is 6.54 Å². The van der Waals surface area contributed by atoms with E-state index in [1.165, 1.54) is 12.1 Å². The lowest BCUT2D eigenvalue weighted by Gasteiger charge is -2.25. The minimum atomic E-state index is -3.96. The Morgan fingerprint density at radius 2 is 1.69 bits per heavy atom. The SMILES string of the molecule is Cc1cc(C)cc(N(CC(=O)NCc2cccc(N3CCCC3=O)c2)S(=O)(=O)c2ccccc2)c1. The molecule has 3 aromatic rings. The van der Waals surface area contributed by atoms with Crippen LogP contribution in [0.25, 0.3) is 0 Å². The van der Waals surface area contributed by atoms with Crippen LogP contribution >= 0.6 is 0 Å². The second-order valence-corrected chi connectivity index (χ2v) is 10.6. The summed E-state index contributed by atoms with van der Waals surface area (Å²) in [7, 11) is -3.96. The van der Waals surface area contributed by atoms with Crippen molar-refractivity contribution in [1.82, 2.24) is 5.32 Å². The second kappa shape index (κ2) is 10.3. The van der Waals surface area contributed by atoms with Gasteiger partial charge in [0.05, 0.1) is 10.6 Å². The number of carbonyl (C=O) groups excluding carboxylic acids is 2. The normalized spacial score (nSPS) is 13.7. The molecule has 0 unspecified atom stereocenters. The van der Waals surface area contributed by atoms with Crippen molar-refractivity contribution in [2.75, 3.05) is 22.3 Å². The summed E-state index contributed by atoms with van der Waals surface area (Å²) in [6.45, 7) is 4.34. The maximum atomic E-state index is 13.5. The van der Waals surface area contributed by atoms with E-state index in [9.17, 15) is 18.0 Å². The summed E-state index contributed by atoms with van der Waals surface area (Å²) in [4.78, 5) is 26.9. The highest BCUT2D eigenvalue weighted by atomic mass is 32.2. The molecule has 0 spiro atoms. The number of aryl methyl sites for hydroxylation is 2. The zero-order valence-corrected chi connectivity index (χ0v) is 20.7. The molecule has 1 saturated heterocycles. The Kier molecular flexibility index (Phi) is 7.21. The molecule has 1 aliphatic rings. The van der Waals surface area contributed by atoms with Crippen molar-refractivity contribution < 1.29 is 18.0 Å². The highest BCUT2D eigenvalue weighted by Gasteiger charge is 2.27. The lowest BCUT2D eigenvalue weighted by Crippen LogP contribution is -2.40. The van der Waals surface area contributed by atoms with Crippen LogP contribution < -0.4 is 14.5 Å². The molecule has 35 heavy (non-hydrogen) atoms. The zero-order chi connectivity index (χ0) is 25.0. The molecule has 182 valence electrons. The summed E-state index contributed by atoms with van der Waals surface area (Å²) >= 11 is 0. The average molecular weight is 492 g/mol. The second-order valence-electron chi connectivity index (χ2n) is 8.77. The van der Waals surface area contributed by atoms with Gasteiger partial charge >= 0.3 is 0 Å². The number of sulfonamides is 1. The van der Waals surface area contributed by atoms with Crippen LogP contribution in [0.4, 0.5) is 11.4 Å². The van der Waals surface area contributed by atoms with Gasteiger partial charge in [-0.2, -0.15) is 0 Å². The minimum absolute atomic E-state index is 0.0985. The molecule has 4 rings (SSSR count). The lowest BCUT2D eigenvalue weighted by atomic mass is 10.1. The van der Waals surface area contributed by atoms with Crippen LogP contribution in [0.2, 0.25) is 0 Å². The zero-order valence-electron chi connectivity index (χ0n) is 19.9. The van der Waals surface area contributed by atoms with Gasteiger partial charge in [-0.05, 0) is 73.4 Å². The fourth-order valence-electron chi connectivity index (χ4n) is 4.27. The van der Waals surface area contributed by atoms with Gasteiger partial charge in [-0.3, -0.25) is 13.9 Å². The molecule has 0 aliphatic carbocycles. The Labute approximate surface area is 206 Å². The van der Waals surface area contributed by atoms with E-state index in [-0.39, 0.29) is 23.9 Å². The van der Waals surface area contributed by atoms with E-state index in [0.717, 1.165) is 33.1 Å². The van der Waals surface area contributed by atoms with E-state index in [2.05, 4.69) is 5.32 Å². The summed E-state index contributed by atoms with van der Waals surface area (Å²) in [5.41, 5.74) is 3.89. The van der Waals surface area contributed by atoms with Gasteiger partial charge in [0.15, 0.2) is 0 Å². The molecule has 0 atom stereocenters. The summed E-state index contributed by atoms with van der Waals surface area (Å²) in [6, 6.07) is 21.1. The third-order valence-electron chi connectivity index (χ3n) is 5.90. The molecule has 0 saturated carbocycles. The van der Waals surface area contributed by atoms with E-state index in [1.54, 1.807) is 35.2 Å². The summed E-state index contributed by atoms with van der Waals surface area (Å²) in [6.07, 6.45) is 1.38. The van der Waals surface area contributed by atoms with E-state index >= 15 is 0 Å². The smallest absolute Gasteiger partial charge is 0.264 e. The van der Waals surface area contributed by atoms with Gasteiger partial charge in [-0.15, -0.1) is 0 Å². The maximum absolute atomic E-state index is 13.5. The van der Waals surface area contributed by atoms with E-state index in [0.29, 0.717) is 18.7 Å². The Balaban J connectivity index is 1.54. The Bertz CT molecular complexity index is 1320. The molecule has 0 aromatic heterocycles. The monoisotopic (exact) mass is 491 g/mol. The van der Waals surface area contributed by atoms with Gasteiger partial charge in [0.2, 0.25) is 11.8 Å². The number of benzene rings is 3. The van der Waals surface area contributed by atoms with Gasteiger partial charge in [0, 0.05) is 25.2 Å². The number of amides is 2. The first kappa shape index (κ1) is 24.5. The number of hydrogen-bond acceptors (Lipinski definition) is 4. The molecule has 1 aliphatic heterocycles. The van der Waals surface area contributed by atoms with E-state index in [4.69, 9.17) is 0 Å². The third-order valence-corrected chi connectivity index (χ3v) is 7.69. The number of nitrogens with one attached hydrogen (secondary N) is 1. The summed E-state index contributed by atoms with van der Waals surface area (Å²) < 4.78 is 28.1. The molecule has 0 bridgehead atoms. The molecule has 2 amide bonds. The minimum Gasteiger partial charge on any atom is -0.350 e. The van der Waals surface area contributed by atoms with Crippen molar-refractivity contribution >= 4 is 33.2 Å². The lowest BCUT2D eigenvalue weighted by molar-refractivity contribution is -0.120. The average Bonchev–Trinajstić information content (AvgIpc) is 3.27. The largest absolute Gasteiger partial charge is 0.350 e. The predicted octanol–water partition coefficient (Wildman–Crippen LogP) is 3.94. The van der Waals surface area contributed by atoms with Crippen LogP contribution in [0.5, 0.6) is 0 Å². The van der Waals surface area contributed by atoms with Crippen molar-refractivity contribution in [2.45, 2.75) is 38.1 Å². The Hall–Kier alpha value is -3.65. The van der Waals surface area contributed by atoms with E-state index in [1.807, 2.05) is 44.2 Å². The topological polar surface area (TPSA) is 86.8 Å². The van der Waals surface area contributed by atoms with Crippen molar-refractivity contribution in [2.24, 2.45) is 0 Å². The molecular formula is C27H29N3O4S. The summed E-state index contributed by atoms with van der Waals surface area (Å²) in [5, 5.41) is 2.83. The van der Waals surface area contributed by atoms with Crippen LogP contribution in [0.3, 0.4) is 0 Å². The van der Waals surface area contributed by atoms with Gasteiger partial charge in [-0.1, -0.05) is 36.4 Å². The third kappa shape index (κ3) is 5.71. The predicted molar refractivity (Wildman–Crippen MR) is 137 cm³/mol. The molecule has 8 heteroatoms. The van der Waals surface area contributed by atoms with E-state index < -0.39 is 15.9 Å². The van der Waals surface area contributed by atoms with Crippen molar-refractivity contribution in [3.63, 3.8) is 0 Å². The van der Waals surface area contributed by atoms with Crippen molar-refractivity contribution in [1.29, 1.82) is 0 Å². The first-order valence-electron chi connectivity index (χ1n) is 11.6. The fraction of sp³-hybridized carbons (Fsp3) is 0.259. The maximum Gasteiger partial charge on any atom is 0.264 e. The number of rotatable bonds is 8. The van der Waals surface area contributed by atoms with Gasteiger partial charge in [-0.25, -0.2) is 8.42 Å². The summed E-state index contributed by atoms with van der Waals surface area (Å²) in [5.74, 6) is -0.326. The number of anilines is 2. The van der Waals surface area contributed by atoms with Crippen LogP contribution in [0, 0.1) is 13.8 Å². The molecule has 0 radical (unpaired) electrons. The van der Waals surface area contributed by atoms with Crippen LogP contribution in [0.15, 0.2) is 77.7 Å². The molecule has 1 heterocycles. The molecule has 1 N–H and O–H groups in total. The highest BCUT2D eigenvalue weighted by molar-refractivity contribution is 7.92.